The van der Waals surface area contributed by atoms with Gasteiger partial charge in [0.25, 0.3) is 0 Å². The number of rotatable bonds is 6. The van der Waals surface area contributed by atoms with Crippen molar-refractivity contribution in [2.75, 3.05) is 9.80 Å². The molecule has 6 heteroatoms. The van der Waals surface area contributed by atoms with Gasteiger partial charge in [-0.25, -0.2) is 0 Å². The molecule has 0 fully saturated rings. The molecule has 9 aromatic carbocycles. The van der Waals surface area contributed by atoms with Gasteiger partial charge in [0.05, 0.1) is 67.0 Å². The molecule has 0 saturated carbocycles. The molecule has 13 rings (SSSR count). The first-order chi connectivity index (χ1) is 34.0. The lowest BCUT2D eigenvalue weighted by Crippen LogP contribution is -2.12. The summed E-state index contributed by atoms with van der Waals surface area (Å²) >= 11 is 0. The summed E-state index contributed by atoms with van der Waals surface area (Å²) in [6.07, 6.45) is 0. The van der Waals surface area contributed by atoms with E-state index in [1.165, 1.54) is 65.5 Å². The Kier molecular flexibility index (Phi) is 8.76. The molecule has 6 nitrogen and oxygen atoms in total. The largest absolute Gasteiger partial charge is 0.308 e. The van der Waals surface area contributed by atoms with Gasteiger partial charge in [-0.2, -0.15) is 10.5 Å². The minimum absolute atomic E-state index is 0.170. The monoisotopic (exact) mass is 900 g/mol. The maximum Gasteiger partial charge on any atom is 0.101 e. The zero-order valence-corrected chi connectivity index (χ0v) is 40.0. The highest BCUT2D eigenvalue weighted by molar-refractivity contribution is 6.32. The average Bonchev–Trinajstić information content (AvgIpc) is 4.10. The highest BCUT2D eigenvalue weighted by Crippen LogP contribution is 2.53. The van der Waals surface area contributed by atoms with Gasteiger partial charge in [-0.3, -0.25) is 0 Å². The Morgan fingerprint density at radius 3 is 1.13 bits per heavy atom. The topological polar surface area (TPSA) is 62.9 Å². The molecular formula is C64H48N6. The maximum atomic E-state index is 10.5. The van der Waals surface area contributed by atoms with E-state index in [2.05, 4.69) is 206 Å². The van der Waals surface area contributed by atoms with Crippen LogP contribution in [-0.4, -0.2) is 8.80 Å². The van der Waals surface area contributed by atoms with E-state index >= 15 is 0 Å². The number of nitrogens with zero attached hydrogens (tertiary/aromatic N) is 6. The molecule has 0 aliphatic rings. The zero-order valence-electron chi connectivity index (χ0n) is 40.0. The molecule has 0 aliphatic heterocycles. The van der Waals surface area contributed by atoms with Crippen molar-refractivity contribution in [3.63, 3.8) is 0 Å². The van der Waals surface area contributed by atoms with Crippen molar-refractivity contribution in [2.24, 2.45) is 0 Å². The van der Waals surface area contributed by atoms with Crippen molar-refractivity contribution in [1.82, 2.24) is 8.80 Å². The Balaban J connectivity index is 1.20. The highest BCUT2D eigenvalue weighted by Gasteiger charge is 2.32. The summed E-state index contributed by atoms with van der Waals surface area (Å²) in [6, 6.07) is 69.4. The van der Waals surface area contributed by atoms with Crippen LogP contribution in [0.15, 0.2) is 182 Å². The Labute approximate surface area is 406 Å². The summed E-state index contributed by atoms with van der Waals surface area (Å²) in [4.78, 5) is 4.54. The fourth-order valence-electron chi connectivity index (χ4n) is 11.7. The van der Waals surface area contributed by atoms with Gasteiger partial charge in [-0.1, -0.05) is 151 Å². The number of anilines is 6. The number of fused-ring (bicyclic) bond motifs is 12. The number of aromatic nitrogens is 2. The summed E-state index contributed by atoms with van der Waals surface area (Å²) in [7, 11) is 0. The van der Waals surface area contributed by atoms with Gasteiger partial charge >= 0.3 is 0 Å². The van der Waals surface area contributed by atoms with Crippen LogP contribution in [-0.2, 0) is 10.8 Å². The summed E-state index contributed by atoms with van der Waals surface area (Å²) in [5.74, 6) is 0. The number of benzene rings is 9. The molecule has 0 N–H and O–H groups in total. The third-order valence-electron chi connectivity index (χ3n) is 14.7. The second-order valence-electron chi connectivity index (χ2n) is 20.8. The summed E-state index contributed by atoms with van der Waals surface area (Å²) in [5.41, 5.74) is 16.2. The van der Waals surface area contributed by atoms with Crippen LogP contribution in [0.4, 0.5) is 34.1 Å². The molecule has 0 saturated heterocycles. The molecule has 0 bridgehead atoms. The van der Waals surface area contributed by atoms with Crippen LogP contribution in [0.1, 0.15) is 63.8 Å². The highest BCUT2D eigenvalue weighted by atomic mass is 15.2. The lowest BCUT2D eigenvalue weighted by molar-refractivity contribution is 0.594. The Morgan fingerprint density at radius 1 is 0.357 bits per heavy atom. The van der Waals surface area contributed by atoms with E-state index in [0.717, 1.165) is 55.9 Å². The van der Waals surface area contributed by atoms with Gasteiger partial charge < -0.3 is 18.6 Å². The van der Waals surface area contributed by atoms with Gasteiger partial charge in [0.2, 0.25) is 0 Å². The second-order valence-corrected chi connectivity index (χ2v) is 20.8. The smallest absolute Gasteiger partial charge is 0.101 e. The van der Waals surface area contributed by atoms with Crippen LogP contribution < -0.4 is 9.80 Å². The van der Waals surface area contributed by atoms with E-state index < -0.39 is 0 Å². The normalized spacial score (nSPS) is 12.4. The van der Waals surface area contributed by atoms with Crippen molar-refractivity contribution in [3.05, 3.63) is 204 Å². The van der Waals surface area contributed by atoms with E-state index in [9.17, 15) is 10.5 Å². The van der Waals surface area contributed by atoms with E-state index in [1.807, 2.05) is 48.5 Å². The predicted octanol–water partition coefficient (Wildman–Crippen LogP) is 17.3. The predicted molar refractivity (Wildman–Crippen MR) is 292 cm³/mol. The molecule has 0 radical (unpaired) electrons. The molecule has 0 aliphatic carbocycles. The van der Waals surface area contributed by atoms with Crippen molar-refractivity contribution < 1.29 is 0 Å². The van der Waals surface area contributed by atoms with E-state index in [1.54, 1.807) is 0 Å². The van der Waals surface area contributed by atoms with Crippen molar-refractivity contribution in [1.29, 1.82) is 10.5 Å². The number of hydrogen-bond donors (Lipinski definition) is 0. The number of nitriles is 2. The third-order valence-corrected chi connectivity index (χ3v) is 14.7. The second kappa shape index (κ2) is 14.8. The molecule has 70 heavy (non-hydrogen) atoms. The molecular weight excluding hydrogens is 853 g/mol. The summed E-state index contributed by atoms with van der Waals surface area (Å²) in [6.45, 7) is 13.9. The first-order valence-electron chi connectivity index (χ1n) is 24.1. The summed E-state index contributed by atoms with van der Waals surface area (Å²) in [5, 5.41) is 30.5. The quantitative estimate of drug-likeness (QED) is 0.167. The molecule has 0 atom stereocenters. The van der Waals surface area contributed by atoms with Crippen LogP contribution in [0.2, 0.25) is 0 Å². The Hall–Kier alpha value is -8.84. The molecule has 0 unspecified atom stereocenters. The summed E-state index contributed by atoms with van der Waals surface area (Å²) < 4.78 is 5.10. The van der Waals surface area contributed by atoms with E-state index in [4.69, 9.17) is 0 Å². The fourth-order valence-corrected chi connectivity index (χ4v) is 11.7. The van der Waals surface area contributed by atoms with Crippen LogP contribution in [0.3, 0.4) is 0 Å². The van der Waals surface area contributed by atoms with Gasteiger partial charge in [0, 0.05) is 54.5 Å². The van der Waals surface area contributed by atoms with Crippen LogP contribution in [0.25, 0.3) is 76.2 Å². The van der Waals surface area contributed by atoms with Crippen molar-refractivity contribution >= 4 is 110 Å². The Morgan fingerprint density at radius 2 is 0.743 bits per heavy atom. The van der Waals surface area contributed by atoms with Gasteiger partial charge in [0.1, 0.15) is 12.1 Å². The van der Waals surface area contributed by atoms with E-state index in [0.29, 0.717) is 11.1 Å². The maximum absolute atomic E-state index is 10.5. The molecule has 4 aromatic heterocycles. The Bertz CT molecular complexity index is 4060. The van der Waals surface area contributed by atoms with Crippen LogP contribution in [0, 0.1) is 22.7 Å². The molecule has 334 valence electrons. The lowest BCUT2D eigenvalue weighted by Gasteiger charge is -2.27. The fraction of sp³-hybridized carbons (Fsp3) is 0.125. The number of para-hydroxylation sites is 6. The van der Waals surface area contributed by atoms with Gasteiger partial charge in [-0.05, 0) is 94.8 Å². The third kappa shape index (κ3) is 5.71. The minimum Gasteiger partial charge on any atom is -0.308 e. The standard InChI is InChI=1S/C64H48N6/c1-63(2,3)49-27-17-25-45-57-53(67(41-21-9-7-10-22-41)51-29-15-13-19-39(51)37-65)33-31-43-47-36-56-48(35-55(47)69(59(45)49)61(43)57)44-32-34-54(58-46-26-18-28-50(64(4,5)6)60(46)70(56)62(44)58)68(42-23-11-8-12-24-42)52-30-16-14-20-40(52)38-66/h7-36H,1-6H3. The van der Waals surface area contributed by atoms with Crippen LogP contribution >= 0.6 is 0 Å². The van der Waals surface area contributed by atoms with Crippen molar-refractivity contribution in [2.45, 2.75) is 52.4 Å². The van der Waals surface area contributed by atoms with Crippen molar-refractivity contribution in [3.8, 4) is 12.1 Å². The van der Waals surface area contributed by atoms with Gasteiger partial charge in [0.15, 0.2) is 0 Å². The molecule has 4 heterocycles. The van der Waals surface area contributed by atoms with E-state index in [-0.39, 0.29) is 10.8 Å². The molecule has 0 spiro atoms. The first kappa shape index (κ1) is 41.4. The minimum atomic E-state index is -0.170. The van der Waals surface area contributed by atoms with Gasteiger partial charge in [-0.15, -0.1) is 0 Å². The molecule has 13 aromatic rings. The first-order valence-corrected chi connectivity index (χ1v) is 24.1. The van der Waals surface area contributed by atoms with Crippen LogP contribution in [0.5, 0.6) is 0 Å². The average molecular weight is 901 g/mol. The SMILES string of the molecule is CC(C)(C)c1cccc2c3c(N(c4ccccc4)c4ccccc4C#N)ccc4c5cc6c(cc5n(c12)c43)c1ccc(N(c2ccccc2)c2ccccc2C#N)c2c3cccc(C(C)(C)C)c3n6c12. The molecule has 0 amide bonds. The number of hydrogen-bond acceptors (Lipinski definition) is 4. The zero-order chi connectivity index (χ0) is 47.8. The lowest BCUT2D eigenvalue weighted by atomic mass is 9.85.